The van der Waals surface area contributed by atoms with E-state index in [1.807, 2.05) is 24.2 Å². The molecule has 0 saturated heterocycles. The zero-order valence-electron chi connectivity index (χ0n) is 12.4. The molecule has 3 unspecified atom stereocenters. The molecule has 2 rings (SSSR count). The zero-order chi connectivity index (χ0) is 13.7. The molecule has 0 spiro atoms. The van der Waals surface area contributed by atoms with Crippen molar-refractivity contribution in [3.63, 3.8) is 0 Å². The van der Waals surface area contributed by atoms with Gasteiger partial charge in [0.05, 0.1) is 0 Å². The molecule has 108 valence electrons. The van der Waals surface area contributed by atoms with Crippen LogP contribution in [0.2, 0.25) is 0 Å². The summed E-state index contributed by atoms with van der Waals surface area (Å²) in [6.45, 7) is 5.58. The van der Waals surface area contributed by atoms with Crippen molar-refractivity contribution in [2.75, 3.05) is 6.54 Å². The lowest BCUT2D eigenvalue weighted by Crippen LogP contribution is -2.42. The highest BCUT2D eigenvalue weighted by molar-refractivity contribution is 7.99. The number of hydrogen-bond acceptors (Lipinski definition) is 3. The van der Waals surface area contributed by atoms with E-state index in [4.69, 9.17) is 0 Å². The third kappa shape index (κ3) is 3.99. The van der Waals surface area contributed by atoms with Gasteiger partial charge in [-0.3, -0.25) is 0 Å². The van der Waals surface area contributed by atoms with Crippen LogP contribution in [0.4, 0.5) is 0 Å². The summed E-state index contributed by atoms with van der Waals surface area (Å²) in [7, 11) is 2.09. The molecule has 1 aromatic heterocycles. The van der Waals surface area contributed by atoms with Gasteiger partial charge in [0, 0.05) is 30.7 Å². The first-order chi connectivity index (χ1) is 9.24. The molecular formula is C15H27N3S. The molecule has 1 aliphatic rings. The minimum Gasteiger partial charge on any atom is -0.329 e. The van der Waals surface area contributed by atoms with Gasteiger partial charge in [-0.2, -0.15) is 0 Å². The van der Waals surface area contributed by atoms with Crippen molar-refractivity contribution in [1.29, 1.82) is 0 Å². The maximum Gasteiger partial charge on any atom is 0.167 e. The Morgan fingerprint density at radius 1 is 1.42 bits per heavy atom. The Morgan fingerprint density at radius 3 is 2.89 bits per heavy atom. The van der Waals surface area contributed by atoms with E-state index in [0.717, 1.165) is 17.6 Å². The fourth-order valence-electron chi connectivity index (χ4n) is 3.11. The Labute approximate surface area is 121 Å². The summed E-state index contributed by atoms with van der Waals surface area (Å²) < 4.78 is 2.14. The van der Waals surface area contributed by atoms with Crippen LogP contribution >= 0.6 is 11.8 Å². The molecule has 0 amide bonds. The first kappa shape index (κ1) is 14.9. The van der Waals surface area contributed by atoms with Gasteiger partial charge >= 0.3 is 0 Å². The van der Waals surface area contributed by atoms with Crippen molar-refractivity contribution in [2.45, 2.75) is 62.4 Å². The van der Waals surface area contributed by atoms with E-state index in [9.17, 15) is 0 Å². The Hall–Kier alpha value is -0.480. The van der Waals surface area contributed by atoms with Gasteiger partial charge in [0.2, 0.25) is 0 Å². The topological polar surface area (TPSA) is 29.9 Å². The van der Waals surface area contributed by atoms with E-state index >= 15 is 0 Å². The van der Waals surface area contributed by atoms with Crippen LogP contribution in [0, 0.1) is 5.92 Å². The summed E-state index contributed by atoms with van der Waals surface area (Å²) in [4.78, 5) is 4.47. The standard InChI is InChI=1S/C15H27N3S/c1-4-6-12-7-8-13(16-5-2)14(11-12)19-15-17-9-10-18(15)3/h9-10,12-14,16H,4-8,11H2,1-3H3. The largest absolute Gasteiger partial charge is 0.329 e. The molecule has 1 saturated carbocycles. The molecule has 3 nitrogen and oxygen atoms in total. The molecular weight excluding hydrogens is 254 g/mol. The predicted octanol–water partition coefficient (Wildman–Crippen LogP) is 3.46. The molecule has 1 fully saturated rings. The van der Waals surface area contributed by atoms with E-state index in [-0.39, 0.29) is 0 Å². The number of aryl methyl sites for hydroxylation is 1. The van der Waals surface area contributed by atoms with E-state index in [2.05, 4.69) is 35.8 Å². The molecule has 0 aromatic carbocycles. The van der Waals surface area contributed by atoms with Crippen LogP contribution in [0.25, 0.3) is 0 Å². The average Bonchev–Trinajstić information content (AvgIpc) is 2.79. The van der Waals surface area contributed by atoms with Gasteiger partial charge < -0.3 is 9.88 Å². The number of imidazole rings is 1. The van der Waals surface area contributed by atoms with E-state index in [1.165, 1.54) is 32.1 Å². The molecule has 1 aromatic rings. The third-order valence-electron chi connectivity index (χ3n) is 4.10. The van der Waals surface area contributed by atoms with Crippen molar-refractivity contribution in [1.82, 2.24) is 14.9 Å². The van der Waals surface area contributed by atoms with Gasteiger partial charge in [-0.15, -0.1) is 0 Å². The number of aromatic nitrogens is 2. The minimum atomic E-state index is 0.653. The summed E-state index contributed by atoms with van der Waals surface area (Å²) in [5.74, 6) is 0.915. The molecule has 1 aliphatic carbocycles. The Bertz CT molecular complexity index is 377. The van der Waals surface area contributed by atoms with Gasteiger partial charge in [0.15, 0.2) is 5.16 Å². The molecule has 3 atom stereocenters. The van der Waals surface area contributed by atoms with Crippen molar-refractivity contribution >= 4 is 11.8 Å². The van der Waals surface area contributed by atoms with E-state index < -0.39 is 0 Å². The minimum absolute atomic E-state index is 0.653. The highest BCUT2D eigenvalue weighted by Gasteiger charge is 2.31. The van der Waals surface area contributed by atoms with Crippen LogP contribution in [-0.2, 0) is 7.05 Å². The molecule has 1 N–H and O–H groups in total. The summed E-state index contributed by atoms with van der Waals surface area (Å²) in [5, 5.41) is 5.50. The van der Waals surface area contributed by atoms with Crippen molar-refractivity contribution in [3.05, 3.63) is 12.4 Å². The maximum absolute atomic E-state index is 4.47. The highest BCUT2D eigenvalue weighted by atomic mass is 32.2. The summed E-state index contributed by atoms with van der Waals surface area (Å²) in [6, 6.07) is 0.653. The first-order valence-corrected chi connectivity index (χ1v) is 8.49. The maximum atomic E-state index is 4.47. The average molecular weight is 281 g/mol. The van der Waals surface area contributed by atoms with Gasteiger partial charge in [0.1, 0.15) is 0 Å². The van der Waals surface area contributed by atoms with Crippen molar-refractivity contribution in [2.24, 2.45) is 13.0 Å². The zero-order valence-corrected chi connectivity index (χ0v) is 13.2. The SMILES string of the molecule is CCCC1CCC(NCC)C(Sc2nccn2C)C1. The van der Waals surface area contributed by atoms with Gasteiger partial charge in [0.25, 0.3) is 0 Å². The van der Waals surface area contributed by atoms with Gasteiger partial charge in [-0.05, 0) is 31.7 Å². The second-order valence-electron chi connectivity index (χ2n) is 5.61. The van der Waals surface area contributed by atoms with Crippen LogP contribution in [0.15, 0.2) is 17.6 Å². The van der Waals surface area contributed by atoms with E-state index in [1.54, 1.807) is 0 Å². The van der Waals surface area contributed by atoms with Crippen LogP contribution in [0.1, 0.15) is 46.0 Å². The number of nitrogens with one attached hydrogen (secondary N) is 1. The normalized spacial score (nSPS) is 27.6. The molecule has 0 aliphatic heterocycles. The van der Waals surface area contributed by atoms with E-state index in [0.29, 0.717) is 11.3 Å². The van der Waals surface area contributed by atoms with Crippen molar-refractivity contribution in [3.8, 4) is 0 Å². The molecule has 0 bridgehead atoms. The van der Waals surface area contributed by atoms with Crippen LogP contribution in [0.5, 0.6) is 0 Å². The number of nitrogens with zero attached hydrogens (tertiary/aromatic N) is 2. The molecule has 1 heterocycles. The van der Waals surface area contributed by atoms with Crippen LogP contribution < -0.4 is 5.32 Å². The Kier molecular flexibility index (Phi) is 5.76. The fraction of sp³-hybridized carbons (Fsp3) is 0.800. The number of hydrogen-bond donors (Lipinski definition) is 1. The first-order valence-electron chi connectivity index (χ1n) is 7.62. The lowest BCUT2D eigenvalue weighted by Gasteiger charge is -2.36. The predicted molar refractivity (Wildman–Crippen MR) is 82.6 cm³/mol. The van der Waals surface area contributed by atoms with Gasteiger partial charge in [-0.1, -0.05) is 38.5 Å². The monoisotopic (exact) mass is 281 g/mol. The Balaban J connectivity index is 2.00. The molecule has 4 heteroatoms. The van der Waals surface area contributed by atoms with Crippen LogP contribution in [-0.4, -0.2) is 27.4 Å². The smallest absolute Gasteiger partial charge is 0.167 e. The highest BCUT2D eigenvalue weighted by Crippen LogP contribution is 2.37. The second kappa shape index (κ2) is 7.34. The molecule has 19 heavy (non-hydrogen) atoms. The fourth-order valence-corrected chi connectivity index (χ4v) is 4.49. The lowest BCUT2D eigenvalue weighted by atomic mass is 9.83. The summed E-state index contributed by atoms with van der Waals surface area (Å²) in [5.41, 5.74) is 0. The number of rotatable bonds is 6. The second-order valence-corrected chi connectivity index (χ2v) is 6.82. The van der Waals surface area contributed by atoms with Gasteiger partial charge in [-0.25, -0.2) is 4.98 Å². The molecule has 0 radical (unpaired) electrons. The van der Waals surface area contributed by atoms with Crippen molar-refractivity contribution < 1.29 is 0 Å². The Morgan fingerprint density at radius 2 is 2.26 bits per heavy atom. The summed E-state index contributed by atoms with van der Waals surface area (Å²) in [6.07, 6.45) is 10.7. The van der Waals surface area contributed by atoms with Crippen LogP contribution in [0.3, 0.4) is 0 Å². The number of thioether (sulfide) groups is 1. The lowest BCUT2D eigenvalue weighted by molar-refractivity contribution is 0.289. The quantitative estimate of drug-likeness (QED) is 0.866. The summed E-state index contributed by atoms with van der Waals surface area (Å²) >= 11 is 1.96. The third-order valence-corrected chi connectivity index (χ3v) is 5.53.